The zero-order valence-electron chi connectivity index (χ0n) is 11.3. The minimum Gasteiger partial charge on any atom is -0.480 e. The number of carboxylic acids is 1. The van der Waals surface area contributed by atoms with E-state index >= 15 is 0 Å². The Labute approximate surface area is 113 Å². The molecule has 1 aliphatic rings. The lowest BCUT2D eigenvalue weighted by Crippen LogP contribution is -2.39. The highest BCUT2D eigenvalue weighted by atomic mass is 16.4. The second-order valence-electron chi connectivity index (χ2n) is 5.35. The average Bonchev–Trinajstić information content (AvgIpc) is 3.16. The van der Waals surface area contributed by atoms with Crippen LogP contribution in [0.25, 0.3) is 0 Å². The van der Waals surface area contributed by atoms with Gasteiger partial charge in [0.1, 0.15) is 5.41 Å². The molecule has 4 nitrogen and oxygen atoms in total. The molecule has 0 spiro atoms. The number of nitrogens with zero attached hydrogens (tertiary/aromatic N) is 1. The van der Waals surface area contributed by atoms with Gasteiger partial charge in [-0.1, -0.05) is 29.8 Å². The van der Waals surface area contributed by atoms with Crippen molar-refractivity contribution >= 4 is 11.9 Å². The number of amides is 1. The molecule has 0 atom stereocenters. The smallest absolute Gasteiger partial charge is 0.319 e. The molecule has 1 aromatic carbocycles. The third-order valence-electron chi connectivity index (χ3n) is 3.73. The average molecular weight is 261 g/mol. The molecule has 0 unspecified atom stereocenters. The molecule has 1 aromatic rings. The fraction of sp³-hybridized carbons (Fsp3) is 0.467. The van der Waals surface area contributed by atoms with E-state index in [0.29, 0.717) is 19.4 Å². The van der Waals surface area contributed by atoms with Gasteiger partial charge in [0.25, 0.3) is 0 Å². The summed E-state index contributed by atoms with van der Waals surface area (Å²) in [4.78, 5) is 24.7. The topological polar surface area (TPSA) is 57.6 Å². The highest BCUT2D eigenvalue weighted by molar-refractivity contribution is 6.04. The first-order chi connectivity index (χ1) is 8.95. The zero-order valence-corrected chi connectivity index (χ0v) is 11.3. The predicted molar refractivity (Wildman–Crippen MR) is 71.8 cm³/mol. The Kier molecular flexibility index (Phi) is 3.60. The first kappa shape index (κ1) is 13.6. The lowest BCUT2D eigenvalue weighted by molar-refractivity contribution is -0.152. The van der Waals surface area contributed by atoms with Gasteiger partial charge in [-0.05, 0) is 31.7 Å². The molecule has 4 heteroatoms. The number of hydrogen-bond acceptors (Lipinski definition) is 2. The summed E-state index contributed by atoms with van der Waals surface area (Å²) in [6.45, 7) is 2.58. The lowest BCUT2D eigenvalue weighted by Gasteiger charge is -2.21. The van der Waals surface area contributed by atoms with Gasteiger partial charge < -0.3 is 10.0 Å². The summed E-state index contributed by atoms with van der Waals surface area (Å²) in [6.07, 6.45) is 1.69. The Morgan fingerprint density at radius 2 is 2.05 bits per heavy atom. The van der Waals surface area contributed by atoms with E-state index in [9.17, 15) is 9.59 Å². The third-order valence-corrected chi connectivity index (χ3v) is 3.73. The summed E-state index contributed by atoms with van der Waals surface area (Å²) in [5.41, 5.74) is 1.23. The number of aryl methyl sites for hydroxylation is 1. The van der Waals surface area contributed by atoms with Gasteiger partial charge in [0.05, 0.1) is 0 Å². The Morgan fingerprint density at radius 1 is 1.37 bits per heavy atom. The molecule has 1 amide bonds. The number of rotatable bonds is 5. The highest BCUT2D eigenvalue weighted by Crippen LogP contribution is 2.47. The van der Waals surface area contributed by atoms with E-state index in [1.165, 1.54) is 11.1 Å². The van der Waals surface area contributed by atoms with E-state index in [0.717, 1.165) is 6.42 Å². The maximum absolute atomic E-state index is 12.1. The van der Waals surface area contributed by atoms with E-state index in [-0.39, 0.29) is 5.91 Å². The van der Waals surface area contributed by atoms with Crippen LogP contribution in [-0.4, -0.2) is 35.5 Å². The number of benzene rings is 1. The SMILES string of the molecule is Cc1cccc(CCN(C)C(=O)C2(C(=O)O)CC2)c1. The largest absolute Gasteiger partial charge is 0.480 e. The van der Waals surface area contributed by atoms with Crippen LogP contribution in [0.15, 0.2) is 24.3 Å². The van der Waals surface area contributed by atoms with Crippen LogP contribution in [0.2, 0.25) is 0 Å². The van der Waals surface area contributed by atoms with Crippen molar-refractivity contribution < 1.29 is 14.7 Å². The lowest BCUT2D eigenvalue weighted by atomic mass is 10.1. The molecule has 1 aliphatic carbocycles. The van der Waals surface area contributed by atoms with Crippen molar-refractivity contribution in [2.75, 3.05) is 13.6 Å². The molecule has 1 N–H and O–H groups in total. The molecule has 0 radical (unpaired) electrons. The van der Waals surface area contributed by atoms with Crippen molar-refractivity contribution in [1.82, 2.24) is 4.90 Å². The Balaban J connectivity index is 1.93. The number of likely N-dealkylation sites (N-methyl/N-ethyl adjacent to an activating group) is 1. The zero-order chi connectivity index (χ0) is 14.0. The van der Waals surface area contributed by atoms with Gasteiger partial charge >= 0.3 is 5.97 Å². The van der Waals surface area contributed by atoms with E-state index in [4.69, 9.17) is 5.11 Å². The molecule has 0 aromatic heterocycles. The fourth-order valence-corrected chi connectivity index (χ4v) is 2.28. The number of carbonyl (C=O) groups excluding carboxylic acids is 1. The summed E-state index contributed by atoms with van der Waals surface area (Å²) >= 11 is 0. The van der Waals surface area contributed by atoms with E-state index < -0.39 is 11.4 Å². The van der Waals surface area contributed by atoms with Gasteiger partial charge in [-0.25, -0.2) is 0 Å². The molecule has 0 aliphatic heterocycles. The molecule has 0 bridgehead atoms. The van der Waals surface area contributed by atoms with Crippen LogP contribution in [-0.2, 0) is 16.0 Å². The van der Waals surface area contributed by atoms with Crippen LogP contribution in [0.3, 0.4) is 0 Å². The molecule has 19 heavy (non-hydrogen) atoms. The van der Waals surface area contributed by atoms with E-state index in [1.807, 2.05) is 25.1 Å². The summed E-state index contributed by atoms with van der Waals surface area (Å²) in [6, 6.07) is 8.13. The first-order valence-corrected chi connectivity index (χ1v) is 6.50. The third kappa shape index (κ3) is 2.78. The summed E-state index contributed by atoms with van der Waals surface area (Å²) < 4.78 is 0. The molecule has 2 rings (SSSR count). The number of hydrogen-bond donors (Lipinski definition) is 1. The van der Waals surface area contributed by atoms with E-state index in [2.05, 4.69) is 6.07 Å². The maximum Gasteiger partial charge on any atom is 0.319 e. The van der Waals surface area contributed by atoms with Crippen LogP contribution in [0.4, 0.5) is 0 Å². The Morgan fingerprint density at radius 3 is 2.58 bits per heavy atom. The van der Waals surface area contributed by atoms with Gasteiger partial charge in [0.15, 0.2) is 0 Å². The van der Waals surface area contributed by atoms with Gasteiger partial charge in [-0.15, -0.1) is 0 Å². The molecule has 0 heterocycles. The van der Waals surface area contributed by atoms with Crippen molar-refractivity contribution in [3.8, 4) is 0 Å². The number of carboxylic acid groups (broad SMARTS) is 1. The maximum atomic E-state index is 12.1. The van der Waals surface area contributed by atoms with E-state index in [1.54, 1.807) is 11.9 Å². The fourth-order valence-electron chi connectivity index (χ4n) is 2.28. The van der Waals surface area contributed by atoms with Gasteiger partial charge in [-0.3, -0.25) is 9.59 Å². The molecule has 1 saturated carbocycles. The molecule has 102 valence electrons. The summed E-state index contributed by atoms with van der Waals surface area (Å²) in [7, 11) is 1.68. The van der Waals surface area contributed by atoms with Crippen LogP contribution in [0.1, 0.15) is 24.0 Å². The van der Waals surface area contributed by atoms with Crippen LogP contribution >= 0.6 is 0 Å². The minimum absolute atomic E-state index is 0.257. The monoisotopic (exact) mass is 261 g/mol. The highest BCUT2D eigenvalue weighted by Gasteiger charge is 2.58. The van der Waals surface area contributed by atoms with Crippen LogP contribution in [0.5, 0.6) is 0 Å². The molecular formula is C15H19NO3. The minimum atomic E-state index is -1.12. The summed E-state index contributed by atoms with van der Waals surface area (Å²) in [5, 5.41) is 9.10. The number of carbonyl (C=O) groups is 2. The van der Waals surface area contributed by atoms with Gasteiger partial charge in [0.2, 0.25) is 5.91 Å². The summed E-state index contributed by atoms with van der Waals surface area (Å²) in [5.74, 6) is -1.24. The van der Waals surface area contributed by atoms with Crippen molar-refractivity contribution in [1.29, 1.82) is 0 Å². The molecular weight excluding hydrogens is 242 g/mol. The van der Waals surface area contributed by atoms with Crippen LogP contribution < -0.4 is 0 Å². The van der Waals surface area contributed by atoms with Crippen molar-refractivity contribution in [2.45, 2.75) is 26.2 Å². The quantitative estimate of drug-likeness (QED) is 0.823. The van der Waals surface area contributed by atoms with Crippen molar-refractivity contribution in [3.63, 3.8) is 0 Å². The van der Waals surface area contributed by atoms with Gasteiger partial charge in [-0.2, -0.15) is 0 Å². The standard InChI is InChI=1S/C15H19NO3/c1-11-4-3-5-12(10-11)6-9-16(2)13(17)15(7-8-15)14(18)19/h3-5,10H,6-9H2,1-2H3,(H,18,19). The molecule has 1 fully saturated rings. The molecule has 0 saturated heterocycles. The van der Waals surface area contributed by atoms with Crippen molar-refractivity contribution in [2.24, 2.45) is 5.41 Å². The Bertz CT molecular complexity index is 506. The first-order valence-electron chi connectivity index (χ1n) is 6.50. The van der Waals surface area contributed by atoms with Crippen molar-refractivity contribution in [3.05, 3.63) is 35.4 Å². The second kappa shape index (κ2) is 5.03. The Hall–Kier alpha value is -1.84. The van der Waals surface area contributed by atoms with Gasteiger partial charge in [0, 0.05) is 13.6 Å². The normalized spacial score (nSPS) is 15.9. The predicted octanol–water partition coefficient (Wildman–Crippen LogP) is 1.86. The second-order valence-corrected chi connectivity index (χ2v) is 5.35. The van der Waals surface area contributed by atoms with Crippen LogP contribution in [0, 0.1) is 12.3 Å². The number of aliphatic carboxylic acids is 1.